The number of H-pyrrole nitrogens is 1. The van der Waals surface area contributed by atoms with E-state index in [0.717, 1.165) is 12.1 Å². The fourth-order valence-electron chi connectivity index (χ4n) is 2.25. The van der Waals surface area contributed by atoms with Gasteiger partial charge in [0.1, 0.15) is 6.04 Å². The quantitative estimate of drug-likeness (QED) is 0.640. The van der Waals surface area contributed by atoms with Crippen molar-refractivity contribution in [2.45, 2.75) is 31.3 Å². The highest BCUT2D eigenvalue weighted by Crippen LogP contribution is 2.18. The molecule has 1 saturated heterocycles. The van der Waals surface area contributed by atoms with Crippen LogP contribution in [0.3, 0.4) is 0 Å². The number of hydrogen-bond donors (Lipinski definition) is 3. The van der Waals surface area contributed by atoms with Crippen LogP contribution in [0.15, 0.2) is 12.5 Å². The number of primary amides is 1. The zero-order chi connectivity index (χ0) is 13.1. The average molecular weight is 413 g/mol. The molecular weight excluding hydrogens is 394 g/mol. The van der Waals surface area contributed by atoms with Gasteiger partial charge < -0.3 is 21.4 Å². The van der Waals surface area contributed by atoms with Crippen LogP contribution in [-0.2, 0) is 16.0 Å². The lowest BCUT2D eigenvalue weighted by Gasteiger charge is -2.25. The Kier molecular flexibility index (Phi) is 7.99. The Bertz CT molecular complexity index is 440. The van der Waals surface area contributed by atoms with Gasteiger partial charge in [-0.2, -0.15) is 0 Å². The zero-order valence-corrected chi connectivity index (χ0v) is 14.2. The van der Waals surface area contributed by atoms with E-state index < -0.39 is 18.0 Å². The van der Waals surface area contributed by atoms with Gasteiger partial charge >= 0.3 is 0 Å². The summed E-state index contributed by atoms with van der Waals surface area (Å²) in [5, 5.41) is 0. The third kappa shape index (κ3) is 4.29. The van der Waals surface area contributed by atoms with E-state index in [4.69, 9.17) is 11.5 Å². The Labute approximate surface area is 138 Å². The minimum Gasteiger partial charge on any atom is -0.368 e. The second-order valence-electron chi connectivity index (χ2n) is 4.46. The summed E-state index contributed by atoms with van der Waals surface area (Å²) in [4.78, 5) is 31.7. The van der Waals surface area contributed by atoms with Crippen molar-refractivity contribution in [2.24, 2.45) is 11.5 Å². The van der Waals surface area contributed by atoms with Crippen molar-refractivity contribution in [3.05, 3.63) is 18.2 Å². The molecule has 2 heterocycles. The first-order valence-corrected chi connectivity index (χ1v) is 5.92. The number of carbonyl (C=O) groups excluding carboxylic acids is 2. The number of amides is 2. The number of carbonyl (C=O) groups is 2. The normalized spacial score (nSPS) is 18.9. The molecule has 1 aromatic heterocycles. The van der Waals surface area contributed by atoms with Gasteiger partial charge in [-0.1, -0.05) is 0 Å². The van der Waals surface area contributed by atoms with Gasteiger partial charge in [-0.15, -0.1) is 34.0 Å². The fraction of sp³-hybridized carbons (Fsp3) is 0.545. The summed E-state index contributed by atoms with van der Waals surface area (Å²) in [6.45, 7) is 0.542. The maximum absolute atomic E-state index is 12.1. The van der Waals surface area contributed by atoms with Crippen molar-refractivity contribution in [1.82, 2.24) is 14.9 Å². The summed E-state index contributed by atoms with van der Waals surface area (Å²) in [7, 11) is 0. The molecule has 7 nitrogen and oxygen atoms in total. The third-order valence-corrected chi connectivity index (χ3v) is 3.17. The molecule has 0 aromatic carbocycles. The lowest BCUT2D eigenvalue weighted by molar-refractivity contribution is -0.138. The fourth-order valence-corrected chi connectivity index (χ4v) is 2.25. The van der Waals surface area contributed by atoms with Crippen LogP contribution in [0.25, 0.3) is 0 Å². The van der Waals surface area contributed by atoms with Crippen molar-refractivity contribution in [3.8, 4) is 0 Å². The molecule has 1 fully saturated rings. The molecule has 0 radical (unpaired) electrons. The van der Waals surface area contributed by atoms with Gasteiger partial charge in [-0.3, -0.25) is 9.59 Å². The van der Waals surface area contributed by atoms with Crippen molar-refractivity contribution in [2.75, 3.05) is 6.54 Å². The van der Waals surface area contributed by atoms with E-state index in [1.54, 1.807) is 6.20 Å². The molecule has 1 aliphatic heterocycles. The lowest BCUT2D eigenvalue weighted by atomic mass is 10.1. The molecule has 0 aliphatic carbocycles. The van der Waals surface area contributed by atoms with E-state index in [2.05, 4.69) is 9.97 Å². The van der Waals surface area contributed by atoms with Gasteiger partial charge in [0.15, 0.2) is 0 Å². The predicted molar refractivity (Wildman–Crippen MR) is 84.8 cm³/mol. The van der Waals surface area contributed by atoms with Crippen LogP contribution >= 0.6 is 34.0 Å². The molecule has 1 aliphatic rings. The van der Waals surface area contributed by atoms with Crippen molar-refractivity contribution < 1.29 is 9.59 Å². The molecule has 2 rings (SSSR count). The van der Waals surface area contributed by atoms with Gasteiger partial charge in [0.05, 0.1) is 18.1 Å². The molecule has 2 amide bonds. The molecule has 0 spiro atoms. The summed E-state index contributed by atoms with van der Waals surface area (Å²) < 4.78 is 0. The highest BCUT2D eigenvalue weighted by Gasteiger charge is 2.34. The number of nitrogens with one attached hydrogen (secondary N) is 1. The number of likely N-dealkylation sites (tertiary alicyclic amines) is 1. The largest absolute Gasteiger partial charge is 0.368 e. The van der Waals surface area contributed by atoms with Gasteiger partial charge in [0, 0.05) is 19.2 Å². The maximum atomic E-state index is 12.1. The van der Waals surface area contributed by atoms with Crippen LogP contribution in [0.4, 0.5) is 0 Å². The van der Waals surface area contributed by atoms with Crippen LogP contribution in [0.5, 0.6) is 0 Å². The Morgan fingerprint density at radius 1 is 1.50 bits per heavy atom. The summed E-state index contributed by atoms with van der Waals surface area (Å²) in [6, 6.07) is -1.20. The number of aromatic amines is 1. The summed E-state index contributed by atoms with van der Waals surface area (Å²) in [6.07, 6.45) is 4.99. The van der Waals surface area contributed by atoms with Crippen molar-refractivity contribution >= 4 is 45.8 Å². The standard InChI is InChI=1S/C11H17N5O2.2BrH/c12-8(4-7-5-14-6-15-7)11(18)16-3-1-2-9(16)10(13)17;;/h5-6,8-9H,1-4,12H2,(H2,13,17)(H,14,15);2*1H/t8?,9-;;/m0../s1. The van der Waals surface area contributed by atoms with Gasteiger partial charge in [0.2, 0.25) is 11.8 Å². The van der Waals surface area contributed by atoms with E-state index in [1.165, 1.54) is 11.2 Å². The highest BCUT2D eigenvalue weighted by molar-refractivity contribution is 8.93. The number of rotatable bonds is 4. The average Bonchev–Trinajstić information content (AvgIpc) is 2.97. The van der Waals surface area contributed by atoms with Gasteiger partial charge in [0.25, 0.3) is 0 Å². The first kappa shape index (κ1) is 19.1. The topological polar surface area (TPSA) is 118 Å². The maximum Gasteiger partial charge on any atom is 0.240 e. The van der Waals surface area contributed by atoms with E-state index in [-0.39, 0.29) is 39.9 Å². The van der Waals surface area contributed by atoms with E-state index >= 15 is 0 Å². The predicted octanol–water partition coefficient (Wildman–Crippen LogP) is -0.0884. The van der Waals surface area contributed by atoms with E-state index in [0.29, 0.717) is 19.4 Å². The van der Waals surface area contributed by atoms with Gasteiger partial charge in [-0.25, -0.2) is 4.98 Å². The van der Waals surface area contributed by atoms with Crippen molar-refractivity contribution in [1.29, 1.82) is 0 Å². The molecule has 0 bridgehead atoms. The monoisotopic (exact) mass is 411 g/mol. The molecule has 0 saturated carbocycles. The number of aromatic nitrogens is 2. The smallest absolute Gasteiger partial charge is 0.240 e. The Balaban J connectivity index is 0.00000180. The van der Waals surface area contributed by atoms with E-state index in [1.807, 2.05) is 0 Å². The molecule has 1 aromatic rings. The van der Waals surface area contributed by atoms with Crippen LogP contribution in [0, 0.1) is 0 Å². The highest BCUT2D eigenvalue weighted by atomic mass is 79.9. The molecular formula is C11H19Br2N5O2. The number of halogens is 2. The minimum absolute atomic E-state index is 0. The first-order valence-electron chi connectivity index (χ1n) is 5.92. The Morgan fingerprint density at radius 2 is 2.20 bits per heavy atom. The second kappa shape index (κ2) is 8.38. The first-order chi connectivity index (χ1) is 8.59. The molecule has 1 unspecified atom stereocenters. The second-order valence-corrected chi connectivity index (χ2v) is 4.46. The molecule has 20 heavy (non-hydrogen) atoms. The van der Waals surface area contributed by atoms with Crippen LogP contribution < -0.4 is 11.5 Å². The zero-order valence-electron chi connectivity index (χ0n) is 10.8. The molecule has 2 atom stereocenters. The van der Waals surface area contributed by atoms with Crippen molar-refractivity contribution in [3.63, 3.8) is 0 Å². The van der Waals surface area contributed by atoms with E-state index in [9.17, 15) is 9.59 Å². The van der Waals surface area contributed by atoms with Crippen LogP contribution in [0.2, 0.25) is 0 Å². The Morgan fingerprint density at radius 3 is 2.75 bits per heavy atom. The summed E-state index contributed by atoms with van der Waals surface area (Å²) in [5.74, 6) is -0.702. The van der Waals surface area contributed by atoms with Gasteiger partial charge in [-0.05, 0) is 12.8 Å². The van der Waals surface area contributed by atoms with Crippen LogP contribution in [-0.4, -0.2) is 45.3 Å². The Hall–Kier alpha value is -0.930. The number of nitrogens with two attached hydrogens (primary N) is 2. The SMILES string of the molecule is Br.Br.NC(=O)[C@@H]1CCCN1C(=O)C(N)Cc1c[nH]cn1. The third-order valence-electron chi connectivity index (χ3n) is 3.17. The number of nitrogens with zero attached hydrogens (tertiary/aromatic N) is 2. The molecule has 5 N–H and O–H groups in total. The number of imidazole rings is 1. The summed E-state index contributed by atoms with van der Waals surface area (Å²) >= 11 is 0. The lowest BCUT2D eigenvalue weighted by Crippen LogP contribution is -2.50. The molecule has 9 heteroatoms. The molecule has 114 valence electrons. The minimum atomic E-state index is -0.687. The van der Waals surface area contributed by atoms with Crippen LogP contribution in [0.1, 0.15) is 18.5 Å². The summed E-state index contributed by atoms with van der Waals surface area (Å²) in [5.41, 5.74) is 11.9. The number of hydrogen-bond acceptors (Lipinski definition) is 4.